The van der Waals surface area contributed by atoms with E-state index in [1.54, 1.807) is 0 Å². The average Bonchev–Trinajstić information content (AvgIpc) is 2.37. The summed E-state index contributed by atoms with van der Waals surface area (Å²) in [6, 6.07) is 0.229. The third-order valence-electron chi connectivity index (χ3n) is 3.87. The van der Waals surface area contributed by atoms with Gasteiger partial charge in [0.05, 0.1) is 4.92 Å². The fourth-order valence-corrected chi connectivity index (χ4v) is 3.21. The van der Waals surface area contributed by atoms with Gasteiger partial charge in [-0.15, -0.1) is 0 Å². The summed E-state index contributed by atoms with van der Waals surface area (Å²) in [7, 11) is 0. The van der Waals surface area contributed by atoms with Crippen LogP contribution < -0.4 is 10.6 Å². The summed E-state index contributed by atoms with van der Waals surface area (Å²) in [6.45, 7) is 6.91. The largest absolute Gasteiger partial charge is 0.364 e. The Bertz CT molecular complexity index is 498. The molecular weight excluding hydrogens is 270 g/mol. The number of anilines is 2. The van der Waals surface area contributed by atoms with Gasteiger partial charge in [0.2, 0.25) is 11.6 Å². The van der Waals surface area contributed by atoms with Crippen LogP contribution in [-0.4, -0.2) is 27.5 Å². The number of hydrogen-bond acceptors (Lipinski definition) is 6. The summed E-state index contributed by atoms with van der Waals surface area (Å²) >= 11 is 0. The highest BCUT2D eigenvalue weighted by Gasteiger charge is 2.28. The van der Waals surface area contributed by atoms with Crippen LogP contribution in [-0.2, 0) is 0 Å². The topological polar surface area (TPSA) is 93.0 Å². The Morgan fingerprint density at radius 3 is 2.43 bits per heavy atom. The van der Waals surface area contributed by atoms with Crippen molar-refractivity contribution < 1.29 is 4.92 Å². The monoisotopic (exact) mass is 293 g/mol. The third kappa shape index (κ3) is 3.80. The zero-order valence-corrected chi connectivity index (χ0v) is 12.8. The molecule has 7 heteroatoms. The van der Waals surface area contributed by atoms with Crippen LogP contribution in [0.25, 0.3) is 0 Å². The van der Waals surface area contributed by atoms with Crippen LogP contribution in [0.1, 0.15) is 40.0 Å². The van der Waals surface area contributed by atoms with Crippen LogP contribution in [0.5, 0.6) is 0 Å². The molecule has 1 heterocycles. The molecule has 1 aliphatic rings. The molecule has 1 fully saturated rings. The van der Waals surface area contributed by atoms with Crippen LogP contribution >= 0.6 is 0 Å². The second kappa shape index (κ2) is 6.69. The van der Waals surface area contributed by atoms with Gasteiger partial charge in [0.1, 0.15) is 6.33 Å². The Morgan fingerprint density at radius 2 is 1.86 bits per heavy atom. The van der Waals surface area contributed by atoms with Crippen molar-refractivity contribution in [3.05, 3.63) is 16.4 Å². The lowest BCUT2D eigenvalue weighted by Crippen LogP contribution is -2.31. The van der Waals surface area contributed by atoms with Gasteiger partial charge in [-0.3, -0.25) is 10.1 Å². The molecule has 2 atom stereocenters. The van der Waals surface area contributed by atoms with Crippen molar-refractivity contribution in [1.82, 2.24) is 9.97 Å². The van der Waals surface area contributed by atoms with E-state index >= 15 is 0 Å². The van der Waals surface area contributed by atoms with Gasteiger partial charge in [0, 0.05) is 12.6 Å². The molecule has 0 saturated heterocycles. The maximum Gasteiger partial charge on any atom is 0.353 e. The minimum atomic E-state index is -0.421. The fraction of sp³-hybridized carbons (Fsp3) is 0.714. The lowest BCUT2D eigenvalue weighted by Gasteiger charge is -2.32. The van der Waals surface area contributed by atoms with E-state index in [-0.39, 0.29) is 17.5 Å². The molecule has 0 aromatic carbocycles. The number of nitro groups is 1. The SMILES string of the molecule is CCNc1ncnc(NC2CC(C)CC(C)C2)c1[N+](=O)[O-]. The molecule has 2 N–H and O–H groups in total. The Morgan fingerprint density at radius 1 is 1.24 bits per heavy atom. The van der Waals surface area contributed by atoms with E-state index in [1.165, 1.54) is 12.7 Å². The van der Waals surface area contributed by atoms with Gasteiger partial charge in [-0.1, -0.05) is 13.8 Å². The maximum absolute atomic E-state index is 11.3. The van der Waals surface area contributed by atoms with Gasteiger partial charge in [-0.05, 0) is 38.0 Å². The van der Waals surface area contributed by atoms with Gasteiger partial charge in [0.15, 0.2) is 0 Å². The van der Waals surface area contributed by atoms with E-state index in [1.807, 2.05) is 6.92 Å². The fourth-order valence-electron chi connectivity index (χ4n) is 3.21. The number of hydrogen-bond donors (Lipinski definition) is 2. The smallest absolute Gasteiger partial charge is 0.353 e. The molecule has 2 rings (SSSR count). The van der Waals surface area contributed by atoms with Crippen LogP contribution in [0.4, 0.5) is 17.3 Å². The van der Waals surface area contributed by atoms with E-state index in [0.29, 0.717) is 24.2 Å². The van der Waals surface area contributed by atoms with E-state index < -0.39 is 4.92 Å². The first-order chi connectivity index (χ1) is 10.0. The summed E-state index contributed by atoms with van der Waals surface area (Å²) in [5.41, 5.74) is -0.0646. The van der Waals surface area contributed by atoms with Crippen molar-refractivity contribution in [3.8, 4) is 0 Å². The highest BCUT2D eigenvalue weighted by Crippen LogP contribution is 2.34. The van der Waals surface area contributed by atoms with Crippen molar-refractivity contribution in [1.29, 1.82) is 0 Å². The molecule has 116 valence electrons. The predicted octanol–water partition coefficient (Wildman–Crippen LogP) is 3.05. The van der Waals surface area contributed by atoms with Crippen molar-refractivity contribution >= 4 is 17.3 Å². The summed E-state index contributed by atoms with van der Waals surface area (Å²) in [5, 5.41) is 17.5. The summed E-state index contributed by atoms with van der Waals surface area (Å²) in [5.74, 6) is 1.84. The molecule has 0 amide bonds. The Balaban J connectivity index is 2.22. The normalized spacial score (nSPS) is 25.4. The zero-order chi connectivity index (χ0) is 15.4. The molecule has 21 heavy (non-hydrogen) atoms. The van der Waals surface area contributed by atoms with Gasteiger partial charge in [-0.25, -0.2) is 9.97 Å². The zero-order valence-electron chi connectivity index (χ0n) is 12.8. The van der Waals surface area contributed by atoms with Gasteiger partial charge in [-0.2, -0.15) is 0 Å². The second-order valence-electron chi connectivity index (χ2n) is 5.97. The van der Waals surface area contributed by atoms with Gasteiger partial charge < -0.3 is 10.6 Å². The lowest BCUT2D eigenvalue weighted by molar-refractivity contribution is -0.383. The first kappa shape index (κ1) is 15.5. The standard InChI is InChI=1S/C14H23N5O2/c1-4-15-13-12(19(20)21)14(17-8-16-13)18-11-6-9(2)5-10(3)7-11/h8-11H,4-7H2,1-3H3,(H2,15,16,17,18). The van der Waals surface area contributed by atoms with Gasteiger partial charge >= 0.3 is 5.69 Å². The molecule has 1 aliphatic carbocycles. The van der Waals surface area contributed by atoms with Crippen molar-refractivity contribution in [3.63, 3.8) is 0 Å². The quantitative estimate of drug-likeness (QED) is 0.640. The Hall–Kier alpha value is -1.92. The molecule has 0 radical (unpaired) electrons. The summed E-state index contributed by atoms with van der Waals surface area (Å²) in [6.07, 6.45) is 4.61. The molecule has 0 bridgehead atoms. The first-order valence-corrected chi connectivity index (χ1v) is 7.51. The number of nitrogens with zero attached hydrogens (tertiary/aromatic N) is 3. The highest BCUT2D eigenvalue weighted by molar-refractivity contribution is 5.69. The van der Waals surface area contributed by atoms with E-state index in [9.17, 15) is 10.1 Å². The number of rotatable bonds is 5. The number of aromatic nitrogens is 2. The molecule has 2 unspecified atom stereocenters. The predicted molar refractivity (Wildman–Crippen MR) is 82.4 cm³/mol. The molecule has 1 aromatic rings. The Labute approximate surface area is 124 Å². The molecule has 1 aromatic heterocycles. The number of nitrogens with one attached hydrogen (secondary N) is 2. The van der Waals surface area contributed by atoms with Crippen LogP contribution in [0.15, 0.2) is 6.33 Å². The second-order valence-corrected chi connectivity index (χ2v) is 5.97. The van der Waals surface area contributed by atoms with Crippen molar-refractivity contribution in [2.24, 2.45) is 11.8 Å². The molecular formula is C14H23N5O2. The molecule has 7 nitrogen and oxygen atoms in total. The minimum absolute atomic E-state index is 0.0646. The van der Waals surface area contributed by atoms with Crippen molar-refractivity contribution in [2.45, 2.75) is 46.1 Å². The molecule has 0 spiro atoms. The van der Waals surface area contributed by atoms with E-state index in [0.717, 1.165) is 12.8 Å². The van der Waals surface area contributed by atoms with Crippen molar-refractivity contribution in [2.75, 3.05) is 17.2 Å². The highest BCUT2D eigenvalue weighted by atomic mass is 16.6. The average molecular weight is 293 g/mol. The van der Waals surface area contributed by atoms with Gasteiger partial charge in [0.25, 0.3) is 0 Å². The molecule has 0 aliphatic heterocycles. The minimum Gasteiger partial charge on any atom is -0.364 e. The van der Waals surface area contributed by atoms with E-state index in [4.69, 9.17) is 0 Å². The third-order valence-corrected chi connectivity index (χ3v) is 3.87. The van der Waals surface area contributed by atoms with Crippen LogP contribution in [0.3, 0.4) is 0 Å². The molecule has 1 saturated carbocycles. The summed E-state index contributed by atoms with van der Waals surface area (Å²) < 4.78 is 0. The van der Waals surface area contributed by atoms with E-state index in [2.05, 4.69) is 34.4 Å². The lowest BCUT2D eigenvalue weighted by atomic mass is 9.80. The summed E-state index contributed by atoms with van der Waals surface area (Å²) in [4.78, 5) is 19.0. The first-order valence-electron chi connectivity index (χ1n) is 7.51. The van der Waals surface area contributed by atoms with Crippen LogP contribution in [0.2, 0.25) is 0 Å². The Kier molecular flexibility index (Phi) is 4.93. The maximum atomic E-state index is 11.3. The van der Waals surface area contributed by atoms with Crippen LogP contribution in [0, 0.1) is 22.0 Å².